The van der Waals surface area contributed by atoms with Crippen LogP contribution in [0.2, 0.25) is 0 Å². The van der Waals surface area contributed by atoms with E-state index in [1.54, 1.807) is 29.3 Å². The lowest BCUT2D eigenvalue weighted by atomic mass is 9.89. The fourth-order valence-electron chi connectivity index (χ4n) is 2.67. The smallest absolute Gasteiger partial charge is 0.316 e. The molecule has 2 aromatic rings. The van der Waals surface area contributed by atoms with E-state index in [2.05, 4.69) is 15.0 Å². The van der Waals surface area contributed by atoms with Crippen LogP contribution < -0.4 is 4.74 Å². The van der Waals surface area contributed by atoms with E-state index >= 15 is 4.39 Å². The molecule has 1 fully saturated rings. The van der Waals surface area contributed by atoms with Crippen molar-refractivity contribution in [3.05, 3.63) is 48.0 Å². The van der Waals surface area contributed by atoms with Crippen molar-refractivity contribution in [1.82, 2.24) is 19.9 Å². The lowest BCUT2D eigenvalue weighted by Gasteiger charge is -2.35. The van der Waals surface area contributed by atoms with Gasteiger partial charge in [-0.3, -0.25) is 9.78 Å². The second kappa shape index (κ2) is 6.28. The summed E-state index contributed by atoms with van der Waals surface area (Å²) in [5.41, 5.74) is -0.807. The Balaban J connectivity index is 1.70. The number of aromatic nitrogens is 3. The van der Waals surface area contributed by atoms with Gasteiger partial charge in [-0.2, -0.15) is 4.98 Å². The first-order chi connectivity index (χ1) is 11.1. The summed E-state index contributed by atoms with van der Waals surface area (Å²) >= 11 is 0. The lowest BCUT2D eigenvalue weighted by molar-refractivity contribution is 0.0397. The molecular formula is C16H17FN4O2. The Morgan fingerprint density at radius 3 is 2.65 bits per heavy atom. The number of alkyl halides is 1. The minimum absolute atomic E-state index is 0.140. The number of rotatable bonds is 3. The standard InChI is InChI=1S/C16H17FN4O2/c1-23-15-19-9-5-12(20-15)14(22)21-10-6-16(17,7-11-21)13-4-2-3-8-18-13/h2-5,8-9H,6-7,10-11H2,1H3. The van der Waals surface area contributed by atoms with Crippen molar-refractivity contribution >= 4 is 5.91 Å². The molecule has 2 aromatic heterocycles. The third-order valence-electron chi connectivity index (χ3n) is 4.00. The predicted molar refractivity (Wildman–Crippen MR) is 80.7 cm³/mol. The van der Waals surface area contributed by atoms with Crippen LogP contribution in [0.3, 0.4) is 0 Å². The molecule has 0 aromatic carbocycles. The third kappa shape index (κ3) is 3.13. The van der Waals surface area contributed by atoms with Gasteiger partial charge in [0.05, 0.1) is 12.8 Å². The van der Waals surface area contributed by atoms with Gasteiger partial charge in [-0.25, -0.2) is 9.37 Å². The number of piperidine rings is 1. The van der Waals surface area contributed by atoms with Crippen LogP contribution in [0.1, 0.15) is 29.0 Å². The minimum Gasteiger partial charge on any atom is -0.467 e. The second-order valence-electron chi connectivity index (χ2n) is 5.40. The number of hydrogen-bond donors (Lipinski definition) is 0. The van der Waals surface area contributed by atoms with Crippen LogP contribution in [0.4, 0.5) is 4.39 Å². The molecule has 120 valence electrons. The Kier molecular flexibility index (Phi) is 4.18. The second-order valence-corrected chi connectivity index (χ2v) is 5.40. The fourth-order valence-corrected chi connectivity index (χ4v) is 2.67. The molecule has 1 aliphatic heterocycles. The third-order valence-corrected chi connectivity index (χ3v) is 4.00. The summed E-state index contributed by atoms with van der Waals surface area (Å²) in [7, 11) is 1.44. The minimum atomic E-state index is -1.48. The van der Waals surface area contributed by atoms with E-state index in [1.807, 2.05) is 0 Å². The highest BCUT2D eigenvalue weighted by Gasteiger charge is 2.39. The molecule has 1 aliphatic rings. The van der Waals surface area contributed by atoms with Crippen LogP contribution in [0.15, 0.2) is 36.7 Å². The average Bonchev–Trinajstić information content (AvgIpc) is 2.62. The number of halogens is 1. The first-order valence-electron chi connectivity index (χ1n) is 7.39. The maximum absolute atomic E-state index is 15.0. The van der Waals surface area contributed by atoms with E-state index in [-0.39, 0.29) is 30.5 Å². The molecule has 3 heterocycles. The quantitative estimate of drug-likeness (QED) is 0.866. The number of nitrogens with zero attached hydrogens (tertiary/aromatic N) is 4. The summed E-state index contributed by atoms with van der Waals surface area (Å²) in [5, 5.41) is 0. The van der Waals surface area contributed by atoms with Crippen LogP contribution in [-0.4, -0.2) is 46.0 Å². The maximum atomic E-state index is 15.0. The summed E-state index contributed by atoms with van der Waals surface area (Å²) < 4.78 is 19.9. The Hall–Kier alpha value is -2.57. The molecule has 0 spiro atoms. The van der Waals surface area contributed by atoms with Crippen molar-refractivity contribution in [3.63, 3.8) is 0 Å². The average molecular weight is 316 g/mol. The molecular weight excluding hydrogens is 299 g/mol. The van der Waals surface area contributed by atoms with Crippen LogP contribution >= 0.6 is 0 Å². The summed E-state index contributed by atoms with van der Waals surface area (Å²) in [6, 6.07) is 6.89. The van der Waals surface area contributed by atoms with E-state index in [0.29, 0.717) is 18.8 Å². The van der Waals surface area contributed by atoms with Gasteiger partial charge in [-0.1, -0.05) is 6.07 Å². The topological polar surface area (TPSA) is 68.2 Å². The summed E-state index contributed by atoms with van der Waals surface area (Å²) in [6.07, 6.45) is 3.49. The van der Waals surface area contributed by atoms with Crippen LogP contribution in [0.5, 0.6) is 6.01 Å². The van der Waals surface area contributed by atoms with Crippen molar-refractivity contribution < 1.29 is 13.9 Å². The monoisotopic (exact) mass is 316 g/mol. The number of hydrogen-bond acceptors (Lipinski definition) is 5. The summed E-state index contributed by atoms with van der Waals surface area (Å²) in [5.74, 6) is -0.242. The van der Waals surface area contributed by atoms with Crippen molar-refractivity contribution in [2.24, 2.45) is 0 Å². The molecule has 0 N–H and O–H groups in total. The van der Waals surface area contributed by atoms with Gasteiger partial charge in [0.25, 0.3) is 5.91 Å². The molecule has 0 radical (unpaired) electrons. The number of amides is 1. The molecule has 7 heteroatoms. The normalized spacial score (nSPS) is 16.9. The lowest BCUT2D eigenvalue weighted by Crippen LogP contribution is -2.43. The Bertz CT molecular complexity index is 687. The molecule has 0 unspecified atom stereocenters. The molecule has 0 saturated carbocycles. The predicted octanol–water partition coefficient (Wildman–Crippen LogP) is 1.98. The van der Waals surface area contributed by atoms with Crippen LogP contribution in [-0.2, 0) is 5.67 Å². The first kappa shape index (κ1) is 15.3. The molecule has 0 aliphatic carbocycles. The van der Waals surface area contributed by atoms with Gasteiger partial charge in [0, 0.05) is 38.3 Å². The summed E-state index contributed by atoms with van der Waals surface area (Å²) in [6.45, 7) is 0.635. The van der Waals surface area contributed by atoms with Gasteiger partial charge in [-0.15, -0.1) is 0 Å². The number of methoxy groups -OCH3 is 1. The highest BCUT2D eigenvalue weighted by atomic mass is 19.1. The molecule has 0 bridgehead atoms. The molecule has 0 atom stereocenters. The zero-order valence-electron chi connectivity index (χ0n) is 12.8. The van der Waals surface area contributed by atoms with Gasteiger partial charge in [0.1, 0.15) is 5.69 Å². The van der Waals surface area contributed by atoms with Gasteiger partial charge in [-0.05, 0) is 18.2 Å². The number of carbonyl (C=O) groups excluding carboxylic acids is 1. The Morgan fingerprint density at radius 2 is 2.00 bits per heavy atom. The van der Waals surface area contributed by atoms with Crippen molar-refractivity contribution in [2.45, 2.75) is 18.5 Å². The van der Waals surface area contributed by atoms with E-state index < -0.39 is 5.67 Å². The zero-order chi connectivity index (χ0) is 16.3. The van der Waals surface area contributed by atoms with Crippen molar-refractivity contribution in [2.75, 3.05) is 20.2 Å². The summed E-state index contributed by atoms with van der Waals surface area (Å²) in [4.78, 5) is 26.1. The molecule has 3 rings (SSSR count). The zero-order valence-corrected chi connectivity index (χ0v) is 12.8. The Morgan fingerprint density at radius 1 is 1.22 bits per heavy atom. The molecule has 1 saturated heterocycles. The van der Waals surface area contributed by atoms with E-state index in [9.17, 15) is 4.79 Å². The van der Waals surface area contributed by atoms with E-state index in [4.69, 9.17) is 4.74 Å². The molecule has 6 nitrogen and oxygen atoms in total. The number of carbonyl (C=O) groups is 1. The van der Waals surface area contributed by atoms with Gasteiger partial charge < -0.3 is 9.64 Å². The maximum Gasteiger partial charge on any atom is 0.316 e. The Labute approximate surface area is 133 Å². The largest absolute Gasteiger partial charge is 0.467 e. The van der Waals surface area contributed by atoms with Crippen LogP contribution in [0, 0.1) is 0 Å². The van der Waals surface area contributed by atoms with Crippen molar-refractivity contribution in [1.29, 1.82) is 0 Å². The van der Waals surface area contributed by atoms with E-state index in [0.717, 1.165) is 0 Å². The highest BCUT2D eigenvalue weighted by Crippen LogP contribution is 2.35. The number of likely N-dealkylation sites (tertiary alicyclic amines) is 1. The van der Waals surface area contributed by atoms with Crippen LogP contribution in [0.25, 0.3) is 0 Å². The highest BCUT2D eigenvalue weighted by molar-refractivity contribution is 5.92. The van der Waals surface area contributed by atoms with Gasteiger partial charge in [0.2, 0.25) is 0 Å². The number of ether oxygens (including phenoxy) is 1. The number of pyridine rings is 1. The van der Waals surface area contributed by atoms with Gasteiger partial charge >= 0.3 is 6.01 Å². The van der Waals surface area contributed by atoms with Gasteiger partial charge in [0.15, 0.2) is 5.67 Å². The SMILES string of the molecule is COc1nccc(C(=O)N2CCC(F)(c3ccccn3)CC2)n1. The first-order valence-corrected chi connectivity index (χ1v) is 7.39. The molecule has 1 amide bonds. The van der Waals surface area contributed by atoms with Crippen molar-refractivity contribution in [3.8, 4) is 6.01 Å². The fraction of sp³-hybridized carbons (Fsp3) is 0.375. The molecule has 23 heavy (non-hydrogen) atoms. The van der Waals surface area contributed by atoms with E-state index in [1.165, 1.54) is 19.4 Å².